The zero-order chi connectivity index (χ0) is 105. The molecule has 6 saturated heterocycles. The number of carbonyl (C=O) groups excluding carboxylic acids is 9. The minimum atomic E-state index is -0.774. The number of benzene rings is 8. The van der Waals surface area contributed by atoms with Crippen molar-refractivity contribution in [2.45, 2.75) is 184 Å². The average molecular weight is 2100 g/mol. The van der Waals surface area contributed by atoms with Gasteiger partial charge in [0, 0.05) is 81.2 Å². The number of likely N-dealkylation sites (N-methyl/N-ethyl adjacent to an activating group) is 4. The van der Waals surface area contributed by atoms with Gasteiger partial charge in [0.05, 0.1) is 75.4 Å². The molecule has 8 aromatic carbocycles. The molecule has 35 heteroatoms. The van der Waals surface area contributed by atoms with Crippen molar-refractivity contribution in [2.24, 2.45) is 11.8 Å². The molecule has 9 amide bonds. The van der Waals surface area contributed by atoms with Gasteiger partial charge < -0.3 is 77.0 Å². The Morgan fingerprint density at radius 2 is 0.680 bits per heavy atom. The van der Waals surface area contributed by atoms with E-state index in [1.807, 2.05) is 189 Å². The molecule has 0 unspecified atom stereocenters. The van der Waals surface area contributed by atoms with E-state index in [1.165, 1.54) is 11.3 Å². The molecule has 14 aromatic rings. The Morgan fingerprint density at radius 1 is 0.347 bits per heavy atom. The Bertz CT molecular complexity index is 6770. The molecule has 0 aliphatic carbocycles. The lowest BCUT2D eigenvalue weighted by Crippen LogP contribution is -2.57. The molecule has 6 aromatic heterocycles. The van der Waals surface area contributed by atoms with Gasteiger partial charge in [0.2, 0.25) is 53.2 Å². The first-order valence-electron chi connectivity index (χ1n) is 52.2. The summed E-state index contributed by atoms with van der Waals surface area (Å²) >= 11 is 6.36. The van der Waals surface area contributed by atoms with Crippen LogP contribution in [0.1, 0.15) is 179 Å². The fourth-order valence-corrected chi connectivity index (χ4v) is 25.2. The molecule has 6 fully saturated rings. The van der Waals surface area contributed by atoms with Gasteiger partial charge in [-0.25, -0.2) is 34.9 Å². The van der Waals surface area contributed by atoms with Crippen LogP contribution < -0.4 is 42.5 Å². The first-order chi connectivity index (χ1) is 73.0. The van der Waals surface area contributed by atoms with Crippen molar-refractivity contribution in [1.82, 2.24) is 107 Å². The summed E-state index contributed by atoms with van der Waals surface area (Å²) in [6.07, 6.45) is 13.3. The molecule has 12 heterocycles. The Labute approximate surface area is 891 Å². The fourth-order valence-electron chi connectivity index (χ4n) is 20.8. The number of hydrogen-bond donors (Lipinski definition) is 9. The number of pyridine rings is 1. The number of piperidine rings is 2. The zero-order valence-corrected chi connectivity index (χ0v) is 89.5. The Balaban J connectivity index is 0.000000136. The van der Waals surface area contributed by atoms with Gasteiger partial charge in [0.1, 0.15) is 76.9 Å². The van der Waals surface area contributed by atoms with Crippen LogP contribution in [0.4, 0.5) is 0 Å². The molecular formula is C115H133N21O10S4. The third-order valence-corrected chi connectivity index (χ3v) is 34.1. The molecule has 0 bridgehead atoms. The second-order valence-corrected chi connectivity index (χ2v) is 43.2. The number of amides is 9. The number of nitrogens with zero attached hydrogens (tertiary/aromatic N) is 13. The van der Waals surface area contributed by atoms with Crippen LogP contribution in [0.25, 0.3) is 85.8 Å². The van der Waals surface area contributed by atoms with Gasteiger partial charge in [-0.3, -0.25) is 43.2 Å². The van der Waals surface area contributed by atoms with Crippen LogP contribution >= 0.6 is 45.3 Å². The van der Waals surface area contributed by atoms with Crippen LogP contribution in [0.2, 0.25) is 0 Å². The molecule has 20 rings (SSSR count). The first kappa shape index (κ1) is 108. The SMILES string of the molecule is CN[C@@H](C)C(=O)N[C@H](C(=O)N1CCC[C@H]1c1nc2c(-c3ccccc3)cccc2s1)C1CCN(C(C)=O)CC1.CN[C@@H](C)C(=O)N[C@H](C(=O)N1CCC[C@H]1c1nc2c(-c3ccccc3)cccc2s1)C1CCN(CCO)CC1.CN[C@@H](C)C(=O)N[C@H](C(=O)N1CCC[C@H]1c1nc2c(-c3ccccc3)ccnc2s1)c1ccccc1.CN[C@@H](C)C(=O)N[C@H](C(=O)N1CCC[C@H]1c1nc2c(-c3ccccc3)ncnc2s1)c1ccccc1. The lowest BCUT2D eigenvalue weighted by Gasteiger charge is -2.38. The van der Waals surface area contributed by atoms with Crippen molar-refractivity contribution in [3.8, 4) is 44.6 Å². The molecule has 0 saturated carbocycles. The summed E-state index contributed by atoms with van der Waals surface area (Å²) in [5.74, 6) is -0.992. The van der Waals surface area contributed by atoms with Crippen molar-refractivity contribution in [2.75, 3.05) is 93.7 Å². The molecule has 0 spiro atoms. The average Bonchev–Trinajstić information content (AvgIpc) is 1.63. The Hall–Kier alpha value is -13.5. The third kappa shape index (κ3) is 25.0. The number of rotatable bonds is 30. The standard InChI is InChI=1S/C30H37N5O3S.C30H39N5O3S.C28H29N5O2S.C27H28N6O2S/c1-19(31-3)28(37)32-26(22-14-17-34(18-15-22)20(2)36)30(38)35-16-8-12-24(35)29-33-27-23(11-7-13-25(27)39-29)21-9-5-4-6-10-21;1-20(31-2)28(37)32-26(22-13-16-34(17-14-22)18-19-36)30(38)35-15-7-11-24(35)29-33-27-23(10-6-12-25(27)39-29)21-8-4-3-5-9-21;1-18(29-2)25(34)31-23(20-12-7-4-8-13-20)28(35)33-17-9-14-22(33)26-32-24-21(15-16-30-27(24)36-26)19-10-5-3-6-11-19;1-17(28-2)24(34)31-22(19-12-7-4-8-13-19)27(35)33-15-9-14-20(33)25-32-23-21(18-10-5-3-6-11-18)29-16-30-26(23)36-25/h4-7,9-11,13,19,22,24,26,31H,8,12,14-18H2,1-3H3,(H,32,37);3-6,8-10,12,20,22,24,26,31,36H,7,11,13-19H2,1-2H3,(H,32,37);3-8,10-13,15-16,18,22-23,29H,9,14,17H2,1-2H3,(H,31,34);3-8,10-13,16-17,20,22,28H,9,14-15H2,1-2H3,(H,31,34)/t19-,24-,26-;20-,24-,26-;18-,22-,23-;17-,20-,22-/m0000/s1. The van der Waals surface area contributed by atoms with Gasteiger partial charge in [-0.05, 0) is 204 Å². The molecule has 12 atom stereocenters. The quantitative estimate of drug-likeness (QED) is 0.0202. The lowest BCUT2D eigenvalue weighted by atomic mass is 9.88. The number of hydrogen-bond acceptors (Lipinski definition) is 26. The predicted molar refractivity (Wildman–Crippen MR) is 592 cm³/mol. The normalized spacial score (nSPS) is 18.6. The van der Waals surface area contributed by atoms with Crippen LogP contribution in [-0.2, 0) is 43.2 Å². The number of β-amino-alcohol motifs (C(OH)–C–C–N with tert-alkyl or cyclic N) is 1. The summed E-state index contributed by atoms with van der Waals surface area (Å²) in [6.45, 7) is 14.9. The summed E-state index contributed by atoms with van der Waals surface area (Å²) in [4.78, 5) is 167. The maximum Gasteiger partial charge on any atom is 0.250 e. The minimum absolute atomic E-state index is 0.00250. The fraction of sp³-hybridized carbons (Fsp3) is 0.391. The number of fused-ring (bicyclic) bond motifs is 4. The largest absolute Gasteiger partial charge is 0.395 e. The lowest BCUT2D eigenvalue weighted by molar-refractivity contribution is -0.140. The van der Waals surface area contributed by atoms with E-state index in [0.717, 1.165) is 194 Å². The highest BCUT2D eigenvalue weighted by Gasteiger charge is 2.46. The molecule has 9 N–H and O–H groups in total. The van der Waals surface area contributed by atoms with E-state index in [1.54, 1.807) is 96.2 Å². The van der Waals surface area contributed by atoms with Gasteiger partial charge in [-0.2, -0.15) is 0 Å². The number of aromatic nitrogens is 7. The highest BCUT2D eigenvalue weighted by atomic mass is 32.1. The summed E-state index contributed by atoms with van der Waals surface area (Å²) in [7, 11) is 6.94. The van der Waals surface area contributed by atoms with Gasteiger partial charge >= 0.3 is 0 Å². The second-order valence-electron chi connectivity index (χ2n) is 39.1. The molecule has 150 heavy (non-hydrogen) atoms. The summed E-state index contributed by atoms with van der Waals surface area (Å²) in [6, 6.07) is 69.1. The van der Waals surface area contributed by atoms with Crippen LogP contribution in [0.15, 0.2) is 237 Å². The van der Waals surface area contributed by atoms with Gasteiger partial charge in [0.25, 0.3) is 0 Å². The van der Waals surface area contributed by atoms with E-state index in [-0.39, 0.29) is 102 Å². The number of aliphatic hydroxyl groups excluding tert-OH is 1. The first-order valence-corrected chi connectivity index (χ1v) is 55.5. The maximum absolute atomic E-state index is 14.2. The van der Waals surface area contributed by atoms with Crippen molar-refractivity contribution < 1.29 is 48.3 Å². The van der Waals surface area contributed by atoms with E-state index < -0.39 is 42.3 Å². The second kappa shape index (κ2) is 50.9. The number of thiazole rings is 4. The molecule has 0 radical (unpaired) electrons. The van der Waals surface area contributed by atoms with Gasteiger partial charge in [0.15, 0.2) is 0 Å². The summed E-state index contributed by atoms with van der Waals surface area (Å²) in [5.41, 5.74) is 13.4. The molecular weight excluding hydrogens is 1960 g/mol. The van der Waals surface area contributed by atoms with Crippen LogP contribution in [0.5, 0.6) is 0 Å². The van der Waals surface area contributed by atoms with E-state index in [0.29, 0.717) is 58.7 Å². The number of likely N-dealkylation sites (tertiary alicyclic amines) is 6. The van der Waals surface area contributed by atoms with Gasteiger partial charge in [-0.1, -0.05) is 229 Å². The van der Waals surface area contributed by atoms with Crippen LogP contribution in [-0.4, -0.2) is 253 Å². The van der Waals surface area contributed by atoms with E-state index in [2.05, 4.69) is 135 Å². The summed E-state index contributed by atoms with van der Waals surface area (Å²) in [5, 5.41) is 36.9. The molecule has 6 aliphatic rings. The van der Waals surface area contributed by atoms with Crippen LogP contribution in [0.3, 0.4) is 0 Å². The highest BCUT2D eigenvalue weighted by molar-refractivity contribution is 7.19. The van der Waals surface area contributed by atoms with Crippen molar-refractivity contribution in [3.63, 3.8) is 0 Å². The Morgan fingerprint density at radius 3 is 1.06 bits per heavy atom. The van der Waals surface area contributed by atoms with Crippen molar-refractivity contribution in [3.05, 3.63) is 268 Å². The molecule has 31 nitrogen and oxygen atoms in total. The highest BCUT2D eigenvalue weighted by Crippen LogP contribution is 2.46. The van der Waals surface area contributed by atoms with E-state index in [4.69, 9.17) is 19.9 Å². The number of aliphatic hydroxyl groups is 1. The topological polar surface area (TPSA) is 380 Å². The third-order valence-electron chi connectivity index (χ3n) is 29.7. The molecule has 6 aliphatic heterocycles. The van der Waals surface area contributed by atoms with Crippen LogP contribution in [0, 0.1) is 11.8 Å². The smallest absolute Gasteiger partial charge is 0.250 e. The predicted octanol–water partition coefficient (Wildman–Crippen LogP) is 15.8. The van der Waals surface area contributed by atoms with Crippen molar-refractivity contribution in [1.29, 1.82) is 0 Å². The monoisotopic (exact) mass is 2100 g/mol. The van der Waals surface area contributed by atoms with Crippen molar-refractivity contribution >= 4 is 140 Å². The Kier molecular flexibility index (Phi) is 36.6. The zero-order valence-electron chi connectivity index (χ0n) is 86.2. The van der Waals surface area contributed by atoms with E-state index >= 15 is 0 Å². The van der Waals surface area contributed by atoms with Gasteiger partial charge in [-0.15, -0.1) is 22.7 Å². The van der Waals surface area contributed by atoms with E-state index in [9.17, 15) is 48.3 Å². The number of para-hydroxylation sites is 2. The number of carbonyl (C=O) groups is 9. The maximum atomic E-state index is 14.2. The number of nitrogens with one attached hydrogen (secondary N) is 8. The minimum Gasteiger partial charge on any atom is -0.395 e. The summed E-state index contributed by atoms with van der Waals surface area (Å²) < 4.78 is 2.23. The molecule has 782 valence electrons.